The summed E-state index contributed by atoms with van der Waals surface area (Å²) in [4.78, 5) is 15.8. The summed E-state index contributed by atoms with van der Waals surface area (Å²) in [7, 11) is 0. The largest absolute Gasteiger partial charge is 0.416 e. The number of alkyl halides is 6. The second-order valence-electron chi connectivity index (χ2n) is 5.03. The summed E-state index contributed by atoms with van der Waals surface area (Å²) in [6.45, 7) is -1.44. The van der Waals surface area contributed by atoms with Crippen LogP contribution in [0.1, 0.15) is 15.9 Å². The van der Waals surface area contributed by atoms with E-state index in [9.17, 15) is 31.1 Å². The van der Waals surface area contributed by atoms with Gasteiger partial charge in [0.25, 0.3) is 5.91 Å². The van der Waals surface area contributed by atoms with Gasteiger partial charge in [0.1, 0.15) is 17.5 Å². The first-order valence-corrected chi connectivity index (χ1v) is 7.29. The van der Waals surface area contributed by atoms with Crippen LogP contribution in [0.2, 0.25) is 5.15 Å². The van der Waals surface area contributed by atoms with E-state index in [-0.39, 0.29) is 16.4 Å². The summed E-state index contributed by atoms with van der Waals surface area (Å²) in [6.07, 6.45) is -9.08. The smallest absolute Gasteiger partial charge is 0.360 e. The van der Waals surface area contributed by atoms with Crippen molar-refractivity contribution in [3.63, 3.8) is 0 Å². The van der Waals surface area contributed by atoms with Gasteiger partial charge >= 0.3 is 12.4 Å². The number of anilines is 2. The van der Waals surface area contributed by atoms with Crippen molar-refractivity contribution in [3.05, 3.63) is 52.7 Å². The molecule has 2 aromatic rings. The Morgan fingerprint density at radius 2 is 1.62 bits per heavy atom. The van der Waals surface area contributed by atoms with Gasteiger partial charge in [0.05, 0.1) is 11.1 Å². The van der Waals surface area contributed by atoms with Gasteiger partial charge in [0.15, 0.2) is 0 Å². The van der Waals surface area contributed by atoms with Gasteiger partial charge in [0, 0.05) is 5.69 Å². The second-order valence-corrected chi connectivity index (χ2v) is 5.42. The molecule has 0 bridgehead atoms. The zero-order chi connectivity index (χ0) is 19.5. The molecule has 2 rings (SSSR count). The van der Waals surface area contributed by atoms with Crippen LogP contribution < -0.4 is 10.6 Å². The van der Waals surface area contributed by atoms with Crippen molar-refractivity contribution in [3.8, 4) is 0 Å². The summed E-state index contributed by atoms with van der Waals surface area (Å²) in [6, 6.07) is 5.91. The van der Waals surface area contributed by atoms with Crippen molar-refractivity contribution in [2.24, 2.45) is 0 Å². The predicted molar refractivity (Wildman–Crippen MR) is 83.2 cm³/mol. The Balaban J connectivity index is 2.18. The molecule has 0 radical (unpaired) electrons. The Morgan fingerprint density at radius 1 is 1.00 bits per heavy atom. The van der Waals surface area contributed by atoms with Gasteiger partial charge in [-0.2, -0.15) is 26.3 Å². The van der Waals surface area contributed by atoms with Crippen LogP contribution in [0.5, 0.6) is 0 Å². The topological polar surface area (TPSA) is 54.0 Å². The Morgan fingerprint density at radius 3 is 2.15 bits per heavy atom. The van der Waals surface area contributed by atoms with Crippen LogP contribution >= 0.6 is 11.6 Å². The summed E-state index contributed by atoms with van der Waals surface area (Å²) >= 11 is 5.62. The number of hydrogen-bond donors (Lipinski definition) is 2. The van der Waals surface area contributed by atoms with E-state index in [4.69, 9.17) is 11.6 Å². The average molecular weight is 398 g/mol. The van der Waals surface area contributed by atoms with Gasteiger partial charge in [-0.15, -0.1) is 0 Å². The van der Waals surface area contributed by atoms with Crippen LogP contribution in [0, 0.1) is 0 Å². The molecule has 1 aromatic heterocycles. The fourth-order valence-corrected chi connectivity index (χ4v) is 2.03. The van der Waals surface area contributed by atoms with Crippen molar-refractivity contribution in [2.75, 3.05) is 17.2 Å². The number of halogens is 7. The summed E-state index contributed by atoms with van der Waals surface area (Å²) < 4.78 is 74.6. The van der Waals surface area contributed by atoms with Gasteiger partial charge in [-0.05, 0) is 36.4 Å². The average Bonchev–Trinajstić information content (AvgIpc) is 2.52. The Labute approximate surface area is 148 Å². The third kappa shape index (κ3) is 5.51. The minimum absolute atomic E-state index is 0.0275. The van der Waals surface area contributed by atoms with Gasteiger partial charge in [0.2, 0.25) is 0 Å². The third-order valence-corrected chi connectivity index (χ3v) is 3.24. The number of nitrogens with zero attached hydrogens (tertiary/aromatic N) is 1. The lowest BCUT2D eigenvalue weighted by Crippen LogP contribution is -2.24. The maximum Gasteiger partial charge on any atom is 0.416 e. The molecule has 0 aliphatic carbocycles. The molecule has 0 aliphatic heterocycles. The first-order valence-electron chi connectivity index (χ1n) is 6.91. The Kier molecular flexibility index (Phi) is 5.65. The Hall–Kier alpha value is -2.49. The molecule has 140 valence electrons. The monoisotopic (exact) mass is 397 g/mol. The highest BCUT2D eigenvalue weighted by atomic mass is 35.5. The first kappa shape index (κ1) is 19.8. The molecule has 11 heteroatoms. The molecular weight excluding hydrogens is 388 g/mol. The van der Waals surface area contributed by atoms with Crippen molar-refractivity contribution in [1.82, 2.24) is 4.98 Å². The molecule has 0 spiro atoms. The Bertz CT molecular complexity index is 789. The molecule has 1 amide bonds. The molecule has 2 N–H and O–H groups in total. The highest BCUT2D eigenvalue weighted by molar-refractivity contribution is 6.29. The lowest BCUT2D eigenvalue weighted by atomic mass is 10.2. The van der Waals surface area contributed by atoms with E-state index in [1.165, 1.54) is 6.07 Å². The van der Waals surface area contributed by atoms with Gasteiger partial charge in [-0.3, -0.25) is 4.79 Å². The van der Waals surface area contributed by atoms with Crippen molar-refractivity contribution < 1.29 is 31.1 Å². The second kappa shape index (κ2) is 7.40. The summed E-state index contributed by atoms with van der Waals surface area (Å²) in [5, 5.41) is 4.10. The summed E-state index contributed by atoms with van der Waals surface area (Å²) in [5.74, 6) is -1.27. The van der Waals surface area contributed by atoms with Crippen LogP contribution in [0.3, 0.4) is 0 Å². The number of amides is 1. The number of carbonyl (C=O) groups excluding carboxylic acids is 1. The van der Waals surface area contributed by atoms with Crippen molar-refractivity contribution >= 4 is 29.0 Å². The number of pyridine rings is 1. The van der Waals surface area contributed by atoms with Gasteiger partial charge in [-0.25, -0.2) is 4.98 Å². The molecule has 1 heterocycles. The highest BCUT2D eigenvalue weighted by Gasteiger charge is 2.30. The highest BCUT2D eigenvalue weighted by Crippen LogP contribution is 2.30. The van der Waals surface area contributed by atoms with Crippen LogP contribution in [0.25, 0.3) is 0 Å². The molecular formula is C15H10ClF6N3O. The van der Waals surface area contributed by atoms with E-state index < -0.39 is 36.2 Å². The third-order valence-electron chi connectivity index (χ3n) is 3.03. The van der Waals surface area contributed by atoms with Crippen molar-refractivity contribution in [1.29, 1.82) is 0 Å². The van der Waals surface area contributed by atoms with Crippen molar-refractivity contribution in [2.45, 2.75) is 12.4 Å². The molecule has 26 heavy (non-hydrogen) atoms. The van der Waals surface area contributed by atoms with E-state index in [0.717, 1.165) is 30.3 Å². The number of benzene rings is 1. The van der Waals surface area contributed by atoms with E-state index >= 15 is 0 Å². The van der Waals surface area contributed by atoms with Gasteiger partial charge < -0.3 is 10.6 Å². The maximum absolute atomic E-state index is 12.5. The first-order chi connectivity index (χ1) is 12.0. The standard InChI is InChI=1S/C15H10ClF6N3O/c16-11-6-5-10(12(25-11)23-7-14(17,18)19)13(26)24-9-3-1-8(2-4-9)15(20,21)22/h1-6H,7H2,(H,23,25)(H,24,26). The number of aromatic nitrogens is 1. The fraction of sp³-hybridized carbons (Fsp3) is 0.200. The van der Waals surface area contributed by atoms with E-state index in [1.54, 1.807) is 0 Å². The number of nitrogens with one attached hydrogen (secondary N) is 2. The number of rotatable bonds is 4. The summed E-state index contributed by atoms with van der Waals surface area (Å²) in [5.41, 5.74) is -1.13. The SMILES string of the molecule is O=C(Nc1ccc(C(F)(F)F)cc1)c1ccc(Cl)nc1NCC(F)(F)F. The molecule has 0 fully saturated rings. The molecule has 0 saturated carbocycles. The van der Waals surface area contributed by atoms with Crippen LogP contribution in [-0.2, 0) is 6.18 Å². The van der Waals surface area contributed by atoms with Crippen LogP contribution in [0.4, 0.5) is 37.8 Å². The molecule has 0 saturated heterocycles. The lowest BCUT2D eigenvalue weighted by molar-refractivity contribution is -0.137. The quantitative estimate of drug-likeness (QED) is 0.565. The predicted octanol–water partition coefficient (Wildman–Crippen LogP) is 4.98. The van der Waals surface area contributed by atoms with E-state index in [2.05, 4.69) is 10.3 Å². The minimum Gasteiger partial charge on any atom is -0.360 e. The molecule has 0 atom stereocenters. The van der Waals surface area contributed by atoms with Crippen LogP contribution in [0.15, 0.2) is 36.4 Å². The van der Waals surface area contributed by atoms with E-state index in [0.29, 0.717) is 0 Å². The molecule has 4 nitrogen and oxygen atoms in total. The fourth-order valence-electron chi connectivity index (χ4n) is 1.88. The number of carbonyl (C=O) groups is 1. The lowest BCUT2D eigenvalue weighted by Gasteiger charge is -2.13. The minimum atomic E-state index is -4.55. The normalized spacial score (nSPS) is 12.0. The number of hydrogen-bond acceptors (Lipinski definition) is 3. The molecule has 1 aromatic carbocycles. The maximum atomic E-state index is 12.5. The zero-order valence-electron chi connectivity index (χ0n) is 12.7. The molecule has 0 aliphatic rings. The zero-order valence-corrected chi connectivity index (χ0v) is 13.4. The van der Waals surface area contributed by atoms with Crippen LogP contribution in [-0.4, -0.2) is 23.6 Å². The van der Waals surface area contributed by atoms with Gasteiger partial charge in [-0.1, -0.05) is 11.6 Å². The van der Waals surface area contributed by atoms with E-state index in [1.807, 2.05) is 5.32 Å². The molecule has 0 unspecified atom stereocenters.